The Kier molecular flexibility index (Phi) is 7.59. The fourth-order valence-corrected chi connectivity index (χ4v) is 1.98. The van der Waals surface area contributed by atoms with Crippen LogP contribution in [0.15, 0.2) is 0 Å². The summed E-state index contributed by atoms with van der Waals surface area (Å²) in [4.78, 5) is 0. The quantitative estimate of drug-likeness (QED) is 0.485. The van der Waals surface area contributed by atoms with Crippen molar-refractivity contribution in [3.8, 4) is 0 Å². The van der Waals surface area contributed by atoms with Crippen molar-refractivity contribution in [1.82, 2.24) is 0 Å². The van der Waals surface area contributed by atoms with Gasteiger partial charge >= 0.3 is 0 Å². The van der Waals surface area contributed by atoms with Crippen LogP contribution in [-0.4, -0.2) is 27.4 Å². The summed E-state index contributed by atoms with van der Waals surface area (Å²) < 4.78 is 26.4. The van der Waals surface area contributed by atoms with Gasteiger partial charge in [-0.15, -0.1) is 0 Å². The Labute approximate surface area is 91.2 Å². The van der Waals surface area contributed by atoms with Crippen molar-refractivity contribution < 1.29 is 13.2 Å². The van der Waals surface area contributed by atoms with Crippen molar-refractivity contribution in [3.63, 3.8) is 0 Å². The smallest absolute Gasteiger partial charge is 0.232 e. The van der Waals surface area contributed by atoms with Gasteiger partial charge in [0.25, 0.3) is 0 Å². The van der Waals surface area contributed by atoms with Gasteiger partial charge < -0.3 is 4.74 Å². The van der Waals surface area contributed by atoms with Gasteiger partial charge in [-0.3, -0.25) is 0 Å². The van der Waals surface area contributed by atoms with Gasteiger partial charge in [-0.25, -0.2) is 8.42 Å². The lowest BCUT2D eigenvalue weighted by atomic mass is 10.1. The average Bonchev–Trinajstić information content (AvgIpc) is 2.02. The Morgan fingerprint density at radius 1 is 1.43 bits per heavy atom. The maximum absolute atomic E-state index is 10.5. The summed E-state index contributed by atoms with van der Waals surface area (Å²) in [5.74, 6) is 0.545. The van der Waals surface area contributed by atoms with E-state index in [1.165, 1.54) is 0 Å². The zero-order valence-corrected chi connectivity index (χ0v) is 10.4. The van der Waals surface area contributed by atoms with Crippen molar-refractivity contribution in [1.29, 1.82) is 0 Å². The summed E-state index contributed by atoms with van der Waals surface area (Å²) >= 11 is 0. The highest BCUT2D eigenvalue weighted by Crippen LogP contribution is 2.05. The van der Waals surface area contributed by atoms with Crippen LogP contribution in [0.2, 0.25) is 0 Å². The first kappa shape index (κ1) is 14.2. The maximum Gasteiger partial charge on any atom is 0.232 e. The van der Waals surface area contributed by atoms with E-state index >= 15 is 0 Å². The third-order valence-corrected chi connectivity index (χ3v) is 3.10. The fraction of sp³-hybridized carbons (Fsp3) is 1.00. The van der Waals surface area contributed by atoms with E-state index in [1.54, 1.807) is 0 Å². The lowest BCUT2D eigenvalue weighted by Crippen LogP contribution is -2.08. The van der Waals surface area contributed by atoms with E-state index in [0.717, 1.165) is 12.8 Å². The zero-order valence-electron chi connectivity index (χ0n) is 8.83. The Morgan fingerprint density at radius 2 is 2.07 bits per heavy atom. The molecule has 1 atom stereocenters. The van der Waals surface area contributed by atoms with E-state index in [2.05, 4.69) is 13.8 Å². The molecule has 0 rings (SSSR count). The van der Waals surface area contributed by atoms with Gasteiger partial charge in [-0.2, -0.15) is 0 Å². The van der Waals surface area contributed by atoms with Crippen LogP contribution >= 0.6 is 10.7 Å². The van der Waals surface area contributed by atoms with E-state index in [4.69, 9.17) is 15.4 Å². The minimum absolute atomic E-state index is 0.00326. The number of hydrogen-bond donors (Lipinski definition) is 0. The standard InChI is InChI=1S/C9H19ClO3S/c1-3-5-9(2)8-13-6-4-7-14(10,11)12/h9H,3-8H2,1-2H3. The van der Waals surface area contributed by atoms with Crippen molar-refractivity contribution >= 4 is 19.7 Å². The summed E-state index contributed by atoms with van der Waals surface area (Å²) in [7, 11) is 1.70. The summed E-state index contributed by atoms with van der Waals surface area (Å²) in [5, 5.41) is 0. The summed E-state index contributed by atoms with van der Waals surface area (Å²) in [6, 6.07) is 0. The molecule has 0 saturated carbocycles. The molecule has 0 saturated heterocycles. The molecule has 0 aliphatic carbocycles. The molecular weight excluding hydrogens is 224 g/mol. The van der Waals surface area contributed by atoms with Gasteiger partial charge in [0.1, 0.15) is 0 Å². The Morgan fingerprint density at radius 3 is 2.57 bits per heavy atom. The number of rotatable bonds is 8. The highest BCUT2D eigenvalue weighted by molar-refractivity contribution is 8.13. The van der Waals surface area contributed by atoms with Gasteiger partial charge in [0.15, 0.2) is 0 Å². The summed E-state index contributed by atoms with van der Waals surface area (Å²) in [6.07, 6.45) is 2.78. The van der Waals surface area contributed by atoms with Gasteiger partial charge in [0, 0.05) is 23.9 Å². The lowest BCUT2D eigenvalue weighted by Gasteiger charge is -2.09. The molecule has 0 N–H and O–H groups in total. The highest BCUT2D eigenvalue weighted by Gasteiger charge is 2.05. The van der Waals surface area contributed by atoms with Crippen LogP contribution in [0.5, 0.6) is 0 Å². The Hall–Kier alpha value is 0.200. The van der Waals surface area contributed by atoms with Gasteiger partial charge in [-0.05, 0) is 18.8 Å². The second-order valence-electron chi connectivity index (χ2n) is 3.57. The molecule has 0 aliphatic heterocycles. The molecule has 0 heterocycles. The highest BCUT2D eigenvalue weighted by atomic mass is 35.7. The van der Waals surface area contributed by atoms with Crippen LogP contribution in [0, 0.1) is 5.92 Å². The molecule has 14 heavy (non-hydrogen) atoms. The minimum atomic E-state index is -3.34. The van der Waals surface area contributed by atoms with Crippen molar-refractivity contribution in [2.45, 2.75) is 33.1 Å². The van der Waals surface area contributed by atoms with Crippen LogP contribution in [0.1, 0.15) is 33.1 Å². The van der Waals surface area contributed by atoms with E-state index in [0.29, 0.717) is 25.6 Å². The van der Waals surface area contributed by atoms with Crippen molar-refractivity contribution in [2.75, 3.05) is 19.0 Å². The summed E-state index contributed by atoms with van der Waals surface area (Å²) in [6.45, 7) is 5.44. The average molecular weight is 243 g/mol. The first-order chi connectivity index (χ1) is 6.45. The van der Waals surface area contributed by atoms with Crippen LogP contribution in [-0.2, 0) is 13.8 Å². The molecule has 0 amide bonds. The summed E-state index contributed by atoms with van der Waals surface area (Å²) in [5.41, 5.74) is 0. The molecule has 1 unspecified atom stereocenters. The first-order valence-electron chi connectivity index (χ1n) is 4.95. The molecule has 0 spiro atoms. The predicted octanol–water partition coefficient (Wildman–Crippen LogP) is 2.40. The number of ether oxygens (including phenoxy) is 1. The Bertz CT molecular complexity index is 226. The normalized spacial score (nSPS) is 14.2. The number of hydrogen-bond acceptors (Lipinski definition) is 3. The maximum atomic E-state index is 10.5. The second kappa shape index (κ2) is 7.49. The SMILES string of the molecule is CCCC(C)COCCCS(=O)(=O)Cl. The van der Waals surface area contributed by atoms with Crippen LogP contribution in [0.4, 0.5) is 0 Å². The number of halogens is 1. The van der Waals surface area contributed by atoms with E-state index in [-0.39, 0.29) is 5.75 Å². The predicted molar refractivity (Wildman–Crippen MR) is 59.1 cm³/mol. The third kappa shape index (κ3) is 10.3. The van der Waals surface area contributed by atoms with Gasteiger partial charge in [0.2, 0.25) is 9.05 Å². The van der Waals surface area contributed by atoms with Gasteiger partial charge in [-0.1, -0.05) is 20.3 Å². The van der Waals surface area contributed by atoms with E-state index < -0.39 is 9.05 Å². The van der Waals surface area contributed by atoms with Gasteiger partial charge in [0.05, 0.1) is 5.75 Å². The van der Waals surface area contributed by atoms with Crippen molar-refractivity contribution in [2.24, 2.45) is 5.92 Å². The van der Waals surface area contributed by atoms with E-state index in [1.807, 2.05) is 0 Å². The van der Waals surface area contributed by atoms with Crippen molar-refractivity contribution in [3.05, 3.63) is 0 Å². The largest absolute Gasteiger partial charge is 0.381 e. The third-order valence-electron chi connectivity index (χ3n) is 1.86. The lowest BCUT2D eigenvalue weighted by molar-refractivity contribution is 0.103. The Balaban J connectivity index is 3.30. The van der Waals surface area contributed by atoms with Crippen LogP contribution in [0.25, 0.3) is 0 Å². The van der Waals surface area contributed by atoms with Crippen LogP contribution < -0.4 is 0 Å². The molecule has 0 aliphatic rings. The molecular formula is C9H19ClO3S. The molecule has 0 fully saturated rings. The first-order valence-corrected chi connectivity index (χ1v) is 7.43. The second-order valence-corrected chi connectivity index (χ2v) is 6.46. The minimum Gasteiger partial charge on any atom is -0.381 e. The molecule has 0 radical (unpaired) electrons. The molecule has 5 heteroatoms. The molecule has 86 valence electrons. The molecule has 0 aromatic rings. The zero-order chi connectivity index (χ0) is 11.0. The molecule has 0 aromatic carbocycles. The van der Waals surface area contributed by atoms with Crippen LogP contribution in [0.3, 0.4) is 0 Å². The molecule has 3 nitrogen and oxygen atoms in total. The van der Waals surface area contributed by atoms with E-state index in [9.17, 15) is 8.42 Å². The molecule has 0 aromatic heterocycles. The topological polar surface area (TPSA) is 43.4 Å². The molecule has 0 bridgehead atoms. The fourth-order valence-electron chi connectivity index (χ4n) is 1.19. The monoisotopic (exact) mass is 242 g/mol.